The Balaban J connectivity index is 1.77. The van der Waals surface area contributed by atoms with Crippen molar-refractivity contribution in [1.82, 2.24) is 14.9 Å². The quantitative estimate of drug-likeness (QED) is 0.450. The predicted molar refractivity (Wildman–Crippen MR) is 104 cm³/mol. The summed E-state index contributed by atoms with van der Waals surface area (Å²) in [6.45, 7) is 0. The molecular formula is C18H17ClN4O2S. The molecule has 134 valence electrons. The lowest BCUT2D eigenvalue weighted by atomic mass is 10.2. The summed E-state index contributed by atoms with van der Waals surface area (Å²) in [5.41, 5.74) is 1.83. The number of halogens is 1. The van der Waals surface area contributed by atoms with E-state index in [0.29, 0.717) is 16.7 Å². The smallest absolute Gasteiger partial charge is 0.212 e. The van der Waals surface area contributed by atoms with Crippen molar-refractivity contribution in [1.29, 1.82) is 0 Å². The molecule has 0 unspecified atom stereocenters. The Morgan fingerprint density at radius 2 is 2.04 bits per heavy atom. The van der Waals surface area contributed by atoms with E-state index >= 15 is 0 Å². The van der Waals surface area contributed by atoms with Crippen molar-refractivity contribution in [2.45, 2.75) is 10.9 Å². The van der Waals surface area contributed by atoms with Crippen LogP contribution in [-0.4, -0.2) is 35.3 Å². The third kappa shape index (κ3) is 4.36. The van der Waals surface area contributed by atoms with E-state index in [9.17, 15) is 0 Å². The van der Waals surface area contributed by atoms with Gasteiger partial charge in [-0.3, -0.25) is 0 Å². The molecule has 0 aliphatic carbocycles. The van der Waals surface area contributed by atoms with Gasteiger partial charge < -0.3 is 9.47 Å². The molecule has 8 heteroatoms. The molecule has 1 heterocycles. The molecule has 0 aliphatic rings. The van der Waals surface area contributed by atoms with Crippen LogP contribution in [0.1, 0.15) is 11.1 Å². The highest BCUT2D eigenvalue weighted by Crippen LogP contribution is 2.26. The van der Waals surface area contributed by atoms with Crippen LogP contribution in [0.5, 0.6) is 11.5 Å². The fourth-order valence-corrected chi connectivity index (χ4v) is 3.37. The monoisotopic (exact) mass is 388 g/mol. The van der Waals surface area contributed by atoms with Crippen LogP contribution < -0.4 is 9.47 Å². The first-order valence-corrected chi connectivity index (χ1v) is 9.10. The Morgan fingerprint density at radius 1 is 1.19 bits per heavy atom. The summed E-state index contributed by atoms with van der Waals surface area (Å²) >= 11 is 7.70. The van der Waals surface area contributed by atoms with Gasteiger partial charge in [-0.1, -0.05) is 41.6 Å². The normalized spacial score (nSPS) is 11.0. The second-order valence-corrected chi connectivity index (χ2v) is 6.54. The number of hydrogen-bond donors (Lipinski definition) is 0. The van der Waals surface area contributed by atoms with Crippen LogP contribution in [-0.2, 0) is 5.75 Å². The van der Waals surface area contributed by atoms with Crippen molar-refractivity contribution < 1.29 is 9.47 Å². The average molecular weight is 389 g/mol. The molecule has 0 fully saturated rings. The van der Waals surface area contributed by atoms with Gasteiger partial charge in [-0.2, -0.15) is 9.78 Å². The molecule has 0 saturated heterocycles. The van der Waals surface area contributed by atoms with Crippen LogP contribution >= 0.6 is 23.4 Å². The molecule has 0 amide bonds. The summed E-state index contributed by atoms with van der Waals surface area (Å²) in [6.07, 6.45) is 3.24. The predicted octanol–water partition coefficient (Wildman–Crippen LogP) is 4.12. The molecule has 6 nitrogen and oxygen atoms in total. The molecule has 3 aromatic rings. The van der Waals surface area contributed by atoms with E-state index in [-0.39, 0.29) is 0 Å². The topological polar surface area (TPSA) is 61.5 Å². The Morgan fingerprint density at radius 3 is 2.81 bits per heavy atom. The number of hydrogen-bond acceptors (Lipinski definition) is 6. The van der Waals surface area contributed by atoms with E-state index in [1.54, 1.807) is 31.4 Å². The zero-order valence-electron chi connectivity index (χ0n) is 14.3. The van der Waals surface area contributed by atoms with Crippen molar-refractivity contribution in [2.24, 2.45) is 5.10 Å². The zero-order chi connectivity index (χ0) is 18.4. The second-order valence-electron chi connectivity index (χ2n) is 5.19. The van der Waals surface area contributed by atoms with Gasteiger partial charge in [-0.15, -0.1) is 10.2 Å². The largest absolute Gasteiger partial charge is 0.497 e. The Hall–Kier alpha value is -2.51. The summed E-state index contributed by atoms with van der Waals surface area (Å²) in [6, 6.07) is 13.2. The van der Waals surface area contributed by atoms with Gasteiger partial charge in [0.25, 0.3) is 0 Å². The molecule has 0 spiro atoms. The average Bonchev–Trinajstić information content (AvgIpc) is 3.12. The summed E-state index contributed by atoms with van der Waals surface area (Å²) in [7, 11) is 3.23. The molecule has 2 aromatic carbocycles. The highest BCUT2D eigenvalue weighted by atomic mass is 35.5. The van der Waals surface area contributed by atoms with Crippen LogP contribution in [0.2, 0.25) is 5.02 Å². The number of thioether (sulfide) groups is 1. The zero-order valence-corrected chi connectivity index (χ0v) is 15.9. The van der Waals surface area contributed by atoms with Crippen LogP contribution in [0.25, 0.3) is 0 Å². The number of benzene rings is 2. The molecule has 0 saturated carbocycles. The summed E-state index contributed by atoms with van der Waals surface area (Å²) in [5, 5.41) is 13.9. The van der Waals surface area contributed by atoms with Crippen LogP contribution in [0.15, 0.2) is 59.0 Å². The van der Waals surface area contributed by atoms with Crippen molar-refractivity contribution in [3.8, 4) is 11.5 Å². The van der Waals surface area contributed by atoms with Crippen molar-refractivity contribution in [3.05, 3.63) is 64.9 Å². The van der Waals surface area contributed by atoms with Crippen molar-refractivity contribution >= 4 is 29.6 Å². The van der Waals surface area contributed by atoms with Crippen molar-refractivity contribution in [3.63, 3.8) is 0 Å². The molecule has 26 heavy (non-hydrogen) atoms. The lowest BCUT2D eigenvalue weighted by molar-refractivity contribution is 0.402. The van der Waals surface area contributed by atoms with Gasteiger partial charge in [-0.05, 0) is 29.8 Å². The van der Waals surface area contributed by atoms with Crippen LogP contribution in [0.4, 0.5) is 0 Å². The number of ether oxygens (including phenoxy) is 2. The van der Waals surface area contributed by atoms with E-state index in [4.69, 9.17) is 21.1 Å². The molecule has 0 bridgehead atoms. The minimum atomic E-state index is 0.669. The number of aromatic nitrogens is 3. The van der Waals surface area contributed by atoms with E-state index in [1.165, 1.54) is 11.8 Å². The first-order valence-electron chi connectivity index (χ1n) is 7.74. The highest BCUT2D eigenvalue weighted by Gasteiger charge is 2.07. The summed E-state index contributed by atoms with van der Waals surface area (Å²) in [4.78, 5) is 0. The number of nitrogens with zero attached hydrogens (tertiary/aromatic N) is 4. The molecule has 0 N–H and O–H groups in total. The minimum absolute atomic E-state index is 0.669. The van der Waals surface area contributed by atoms with Gasteiger partial charge in [0.1, 0.15) is 17.8 Å². The fraction of sp³-hybridized carbons (Fsp3) is 0.167. The molecule has 0 atom stereocenters. The lowest BCUT2D eigenvalue weighted by Gasteiger charge is -2.07. The molecule has 3 rings (SSSR count). The van der Waals surface area contributed by atoms with E-state index in [2.05, 4.69) is 15.3 Å². The SMILES string of the molecule is COc1ccc(OC)c(/C=N/n2cnnc2SCc2ccccc2Cl)c1. The lowest BCUT2D eigenvalue weighted by Crippen LogP contribution is -1.96. The Kier molecular flexibility index (Phi) is 6.14. The van der Waals surface area contributed by atoms with Gasteiger partial charge in [-0.25, -0.2) is 0 Å². The van der Waals surface area contributed by atoms with E-state index < -0.39 is 0 Å². The molecule has 1 aromatic heterocycles. The summed E-state index contributed by atoms with van der Waals surface area (Å²) in [5.74, 6) is 2.10. The minimum Gasteiger partial charge on any atom is -0.497 e. The first kappa shape index (κ1) is 18.3. The van der Waals surface area contributed by atoms with Gasteiger partial charge in [0.2, 0.25) is 5.16 Å². The van der Waals surface area contributed by atoms with E-state index in [0.717, 1.165) is 21.9 Å². The van der Waals surface area contributed by atoms with Crippen LogP contribution in [0.3, 0.4) is 0 Å². The molecule has 0 radical (unpaired) electrons. The maximum Gasteiger partial charge on any atom is 0.212 e. The van der Waals surface area contributed by atoms with Gasteiger partial charge in [0, 0.05) is 16.3 Å². The molecular weight excluding hydrogens is 372 g/mol. The van der Waals surface area contributed by atoms with Gasteiger partial charge in [0.05, 0.1) is 20.4 Å². The first-order chi connectivity index (χ1) is 12.7. The molecule has 0 aliphatic heterocycles. The maximum atomic E-state index is 6.20. The number of methoxy groups -OCH3 is 2. The highest BCUT2D eigenvalue weighted by molar-refractivity contribution is 7.98. The van der Waals surface area contributed by atoms with E-state index in [1.807, 2.05) is 42.5 Å². The standard InChI is InChI=1S/C18H17ClN4O2S/c1-24-15-7-8-17(25-2)14(9-15)10-21-23-12-20-22-18(23)26-11-13-5-3-4-6-16(13)19/h3-10,12H,11H2,1-2H3/b21-10+. The number of rotatable bonds is 7. The second kappa shape index (κ2) is 8.73. The van der Waals surface area contributed by atoms with Crippen LogP contribution in [0, 0.1) is 0 Å². The van der Waals surface area contributed by atoms with Gasteiger partial charge >= 0.3 is 0 Å². The van der Waals surface area contributed by atoms with Crippen molar-refractivity contribution in [2.75, 3.05) is 14.2 Å². The van der Waals surface area contributed by atoms with Gasteiger partial charge in [0.15, 0.2) is 0 Å². The maximum absolute atomic E-state index is 6.20. The summed E-state index contributed by atoms with van der Waals surface area (Å²) < 4.78 is 12.2. The fourth-order valence-electron chi connectivity index (χ4n) is 2.22. The third-order valence-electron chi connectivity index (χ3n) is 3.57. The third-order valence-corrected chi connectivity index (χ3v) is 4.92. The Bertz CT molecular complexity index is 914. The Labute approximate surface area is 160 Å².